The number of fused-ring (bicyclic) bond motifs is 1. The largest absolute Gasteiger partial charge is 0.465 e. The summed E-state index contributed by atoms with van der Waals surface area (Å²) in [4.78, 5) is 11.8. The zero-order chi connectivity index (χ0) is 21.6. The number of nitrogens with zero attached hydrogens (tertiary/aromatic N) is 2. The molecule has 0 spiro atoms. The molecule has 8 nitrogen and oxygen atoms in total. The van der Waals surface area contributed by atoms with Crippen molar-refractivity contribution in [2.75, 3.05) is 32.1 Å². The number of carbonyl (C=O) groups excluding carboxylic acids is 1. The summed E-state index contributed by atoms with van der Waals surface area (Å²) < 4.78 is 57.9. The lowest BCUT2D eigenvalue weighted by atomic mass is 10.2. The third-order valence-electron chi connectivity index (χ3n) is 4.61. The number of anilines is 1. The molecule has 1 heterocycles. The van der Waals surface area contributed by atoms with E-state index in [-0.39, 0.29) is 26.9 Å². The fraction of sp³-hybridized carbons (Fsp3) is 0.278. The number of methoxy groups -OCH3 is 1. The van der Waals surface area contributed by atoms with Crippen molar-refractivity contribution in [2.45, 2.75) is 16.2 Å². The molecule has 0 N–H and O–H groups in total. The maximum absolute atomic E-state index is 13.2. The number of rotatable bonds is 5. The molecule has 0 atom stereocenters. The second-order valence-electron chi connectivity index (χ2n) is 6.54. The number of carbonyl (C=O) groups is 1. The van der Waals surface area contributed by atoms with Gasteiger partial charge in [0.2, 0.25) is 10.0 Å². The molecule has 11 heteroatoms. The minimum absolute atomic E-state index is 0.0536. The Kier molecular flexibility index (Phi) is 5.65. The molecule has 0 fully saturated rings. The SMILES string of the molecule is COC(=O)c1cc(S(=O)(=O)N2CCc3cc(S(=O)(=O)N(C)C)ccc32)ccc1Cl. The van der Waals surface area contributed by atoms with Gasteiger partial charge >= 0.3 is 5.97 Å². The van der Waals surface area contributed by atoms with Crippen LogP contribution >= 0.6 is 11.6 Å². The second-order valence-corrected chi connectivity index (χ2v) is 11.0. The van der Waals surface area contributed by atoms with E-state index < -0.39 is 26.0 Å². The first-order chi connectivity index (χ1) is 13.5. The van der Waals surface area contributed by atoms with Gasteiger partial charge in [0, 0.05) is 20.6 Å². The zero-order valence-corrected chi connectivity index (χ0v) is 18.3. The molecule has 3 rings (SSSR count). The fourth-order valence-corrected chi connectivity index (χ4v) is 5.70. The molecule has 0 amide bonds. The van der Waals surface area contributed by atoms with Crippen molar-refractivity contribution >= 4 is 43.3 Å². The average Bonchev–Trinajstić information content (AvgIpc) is 3.11. The molecule has 1 aliphatic heterocycles. The molecule has 2 aromatic carbocycles. The van der Waals surface area contributed by atoms with Crippen LogP contribution in [0, 0.1) is 0 Å². The van der Waals surface area contributed by atoms with Crippen molar-refractivity contribution in [3.05, 3.63) is 52.5 Å². The van der Waals surface area contributed by atoms with Crippen LogP contribution in [-0.2, 0) is 31.2 Å². The van der Waals surface area contributed by atoms with E-state index in [1.165, 1.54) is 61.9 Å². The fourth-order valence-electron chi connectivity index (χ4n) is 3.03. The van der Waals surface area contributed by atoms with Gasteiger partial charge in [-0.05, 0) is 48.4 Å². The van der Waals surface area contributed by atoms with Crippen LogP contribution in [0.1, 0.15) is 15.9 Å². The van der Waals surface area contributed by atoms with Crippen molar-refractivity contribution < 1.29 is 26.4 Å². The number of hydrogen-bond donors (Lipinski definition) is 0. The Morgan fingerprint density at radius 1 is 1.07 bits per heavy atom. The predicted molar refractivity (Wildman–Crippen MR) is 108 cm³/mol. The number of benzene rings is 2. The van der Waals surface area contributed by atoms with Gasteiger partial charge in [0.25, 0.3) is 10.0 Å². The van der Waals surface area contributed by atoms with Crippen LogP contribution < -0.4 is 4.31 Å². The molecule has 0 saturated carbocycles. The van der Waals surface area contributed by atoms with Gasteiger partial charge in [0.1, 0.15) is 0 Å². The van der Waals surface area contributed by atoms with Crippen LogP contribution in [0.5, 0.6) is 0 Å². The second kappa shape index (κ2) is 7.60. The normalized spacial score (nSPS) is 14.2. The molecule has 0 radical (unpaired) electrons. The van der Waals surface area contributed by atoms with Crippen LogP contribution in [0.4, 0.5) is 5.69 Å². The van der Waals surface area contributed by atoms with Crippen molar-refractivity contribution in [3.63, 3.8) is 0 Å². The Bertz CT molecular complexity index is 1190. The van der Waals surface area contributed by atoms with Gasteiger partial charge < -0.3 is 4.74 Å². The van der Waals surface area contributed by atoms with Gasteiger partial charge in [-0.1, -0.05) is 11.6 Å². The molecule has 2 aromatic rings. The number of sulfonamides is 2. The summed E-state index contributed by atoms with van der Waals surface area (Å²) in [6.07, 6.45) is 0.364. The van der Waals surface area contributed by atoms with Crippen LogP contribution in [0.25, 0.3) is 0 Å². The molecule has 1 aliphatic rings. The number of hydrogen-bond acceptors (Lipinski definition) is 6. The summed E-state index contributed by atoms with van der Waals surface area (Å²) in [6.45, 7) is 0.152. The summed E-state index contributed by atoms with van der Waals surface area (Å²) in [5.74, 6) is -0.743. The number of esters is 1. The molecule has 0 aromatic heterocycles. The first-order valence-electron chi connectivity index (χ1n) is 8.46. The monoisotopic (exact) mass is 458 g/mol. The predicted octanol–water partition coefficient (Wildman–Crippen LogP) is 2.13. The highest BCUT2D eigenvalue weighted by atomic mass is 35.5. The third-order valence-corrected chi connectivity index (χ3v) is 8.56. The standard InChI is InChI=1S/C18H19ClN2O6S2/c1-20(2)28(23,24)13-5-7-17-12(10-13)8-9-21(17)29(25,26)14-4-6-16(19)15(11-14)18(22)27-3/h4-7,10-11H,8-9H2,1-3H3. The van der Waals surface area contributed by atoms with E-state index in [1.807, 2.05) is 0 Å². The molecule has 0 bridgehead atoms. The highest BCUT2D eigenvalue weighted by Gasteiger charge is 2.33. The first-order valence-corrected chi connectivity index (χ1v) is 11.7. The van der Waals surface area contributed by atoms with Gasteiger partial charge in [0.15, 0.2) is 0 Å². The third kappa shape index (κ3) is 3.73. The number of halogens is 1. The van der Waals surface area contributed by atoms with Crippen molar-refractivity contribution in [1.29, 1.82) is 0 Å². The first kappa shape index (κ1) is 21.6. The minimum Gasteiger partial charge on any atom is -0.465 e. The van der Waals surface area contributed by atoms with Crippen LogP contribution in [0.15, 0.2) is 46.2 Å². The molecular weight excluding hydrogens is 440 g/mol. The Morgan fingerprint density at radius 2 is 1.72 bits per heavy atom. The Hall–Kier alpha value is -2.14. The lowest BCUT2D eigenvalue weighted by Gasteiger charge is -2.20. The highest BCUT2D eigenvalue weighted by Crippen LogP contribution is 2.35. The Balaban J connectivity index is 2.03. The van der Waals surface area contributed by atoms with E-state index in [0.29, 0.717) is 17.7 Å². The van der Waals surface area contributed by atoms with Crippen LogP contribution in [0.2, 0.25) is 5.02 Å². The summed E-state index contributed by atoms with van der Waals surface area (Å²) in [7, 11) is -3.58. The molecule has 0 unspecified atom stereocenters. The van der Waals surface area contributed by atoms with Gasteiger partial charge in [-0.25, -0.2) is 25.9 Å². The van der Waals surface area contributed by atoms with E-state index in [9.17, 15) is 21.6 Å². The summed E-state index contributed by atoms with van der Waals surface area (Å²) in [6, 6.07) is 8.16. The smallest absolute Gasteiger partial charge is 0.339 e. The maximum atomic E-state index is 13.2. The average molecular weight is 459 g/mol. The van der Waals surface area contributed by atoms with Crippen LogP contribution in [0.3, 0.4) is 0 Å². The molecule has 0 aliphatic carbocycles. The van der Waals surface area contributed by atoms with Gasteiger partial charge in [0.05, 0.1) is 33.2 Å². The van der Waals surface area contributed by atoms with Crippen molar-refractivity contribution in [1.82, 2.24) is 4.31 Å². The van der Waals surface area contributed by atoms with Crippen molar-refractivity contribution in [3.8, 4) is 0 Å². The summed E-state index contributed by atoms with van der Waals surface area (Å²) in [5, 5.41) is 0.0798. The van der Waals surface area contributed by atoms with Crippen molar-refractivity contribution in [2.24, 2.45) is 0 Å². The van der Waals surface area contributed by atoms with Gasteiger partial charge in [-0.3, -0.25) is 4.31 Å². The molecule has 0 saturated heterocycles. The van der Waals surface area contributed by atoms with E-state index in [1.54, 1.807) is 0 Å². The Morgan fingerprint density at radius 3 is 2.34 bits per heavy atom. The van der Waals surface area contributed by atoms with Crippen LogP contribution in [-0.4, -0.2) is 54.9 Å². The highest BCUT2D eigenvalue weighted by molar-refractivity contribution is 7.92. The maximum Gasteiger partial charge on any atom is 0.339 e. The van der Waals surface area contributed by atoms with E-state index in [2.05, 4.69) is 4.74 Å². The molecule has 156 valence electrons. The lowest BCUT2D eigenvalue weighted by molar-refractivity contribution is 0.0600. The van der Waals surface area contributed by atoms with Gasteiger partial charge in [-0.15, -0.1) is 0 Å². The lowest BCUT2D eigenvalue weighted by Crippen LogP contribution is -2.29. The minimum atomic E-state index is -3.99. The van der Waals surface area contributed by atoms with E-state index in [0.717, 1.165) is 4.31 Å². The number of ether oxygens (including phenoxy) is 1. The van der Waals surface area contributed by atoms with E-state index >= 15 is 0 Å². The Labute approximate surface area is 174 Å². The van der Waals surface area contributed by atoms with E-state index in [4.69, 9.17) is 11.6 Å². The zero-order valence-electron chi connectivity index (χ0n) is 15.9. The molecular formula is C18H19ClN2O6S2. The summed E-state index contributed by atoms with van der Waals surface area (Å²) >= 11 is 5.98. The van der Waals surface area contributed by atoms with Gasteiger partial charge in [-0.2, -0.15) is 0 Å². The quantitative estimate of drug-likeness (QED) is 0.636. The molecule has 29 heavy (non-hydrogen) atoms. The summed E-state index contributed by atoms with van der Waals surface area (Å²) in [5.41, 5.74) is 0.956. The topological polar surface area (TPSA) is 101 Å².